The smallest absolute Gasteiger partial charge is 0.163 e. The van der Waals surface area contributed by atoms with Gasteiger partial charge in [0.05, 0.1) is 7.11 Å². The second-order valence-corrected chi connectivity index (χ2v) is 3.22. The van der Waals surface area contributed by atoms with Gasteiger partial charge >= 0.3 is 0 Å². The molecule has 78 valence electrons. The quantitative estimate of drug-likeness (QED) is 0.703. The molecule has 0 heterocycles. The standard InChI is InChI=1S/C11H17NO2/c1-14-11-9(5-2-3-8-12)6-4-7-10(11)13/h4,6-7,13H,2-3,5,8,12H2,1H3. The van der Waals surface area contributed by atoms with E-state index >= 15 is 0 Å². The van der Waals surface area contributed by atoms with Crippen molar-refractivity contribution in [2.45, 2.75) is 19.3 Å². The van der Waals surface area contributed by atoms with Crippen LogP contribution in [0.15, 0.2) is 18.2 Å². The van der Waals surface area contributed by atoms with Crippen molar-refractivity contribution in [2.75, 3.05) is 13.7 Å². The molecule has 0 fully saturated rings. The number of phenols is 1. The minimum atomic E-state index is 0.206. The molecule has 3 nitrogen and oxygen atoms in total. The summed E-state index contributed by atoms with van der Waals surface area (Å²) >= 11 is 0. The Hall–Kier alpha value is -1.22. The molecule has 1 rings (SSSR count). The fourth-order valence-electron chi connectivity index (χ4n) is 1.46. The van der Waals surface area contributed by atoms with Gasteiger partial charge in [-0.3, -0.25) is 0 Å². The zero-order valence-corrected chi connectivity index (χ0v) is 8.49. The maximum atomic E-state index is 9.50. The monoisotopic (exact) mass is 195 g/mol. The van der Waals surface area contributed by atoms with E-state index in [0.29, 0.717) is 12.3 Å². The minimum absolute atomic E-state index is 0.206. The van der Waals surface area contributed by atoms with E-state index in [1.807, 2.05) is 12.1 Å². The molecule has 0 radical (unpaired) electrons. The highest BCUT2D eigenvalue weighted by Crippen LogP contribution is 2.30. The van der Waals surface area contributed by atoms with Gasteiger partial charge in [-0.2, -0.15) is 0 Å². The minimum Gasteiger partial charge on any atom is -0.504 e. The van der Waals surface area contributed by atoms with Gasteiger partial charge in [0.2, 0.25) is 0 Å². The highest BCUT2D eigenvalue weighted by molar-refractivity contribution is 5.45. The Bertz CT molecular complexity index is 287. The van der Waals surface area contributed by atoms with Crippen molar-refractivity contribution in [1.82, 2.24) is 0 Å². The summed E-state index contributed by atoms with van der Waals surface area (Å²) in [7, 11) is 1.57. The van der Waals surface area contributed by atoms with Gasteiger partial charge in [0.25, 0.3) is 0 Å². The number of nitrogens with two attached hydrogens (primary N) is 1. The van der Waals surface area contributed by atoms with E-state index < -0.39 is 0 Å². The van der Waals surface area contributed by atoms with E-state index in [2.05, 4.69) is 0 Å². The molecule has 0 bridgehead atoms. The van der Waals surface area contributed by atoms with E-state index in [9.17, 15) is 5.11 Å². The summed E-state index contributed by atoms with van der Waals surface area (Å²) in [6.45, 7) is 0.709. The van der Waals surface area contributed by atoms with Crippen LogP contribution in [-0.2, 0) is 6.42 Å². The van der Waals surface area contributed by atoms with Gasteiger partial charge < -0.3 is 15.6 Å². The largest absolute Gasteiger partial charge is 0.504 e. The van der Waals surface area contributed by atoms with E-state index in [1.54, 1.807) is 13.2 Å². The van der Waals surface area contributed by atoms with Gasteiger partial charge in [0.15, 0.2) is 11.5 Å². The molecule has 1 aromatic carbocycles. The van der Waals surface area contributed by atoms with Crippen molar-refractivity contribution < 1.29 is 9.84 Å². The van der Waals surface area contributed by atoms with Gasteiger partial charge in [-0.15, -0.1) is 0 Å². The second-order valence-electron chi connectivity index (χ2n) is 3.22. The SMILES string of the molecule is COc1c(O)cccc1CCCCN. The fourth-order valence-corrected chi connectivity index (χ4v) is 1.46. The van der Waals surface area contributed by atoms with Crippen LogP contribution in [0.1, 0.15) is 18.4 Å². The molecule has 14 heavy (non-hydrogen) atoms. The molecule has 3 N–H and O–H groups in total. The van der Waals surface area contributed by atoms with Crippen LogP contribution in [0.5, 0.6) is 11.5 Å². The van der Waals surface area contributed by atoms with Crippen LogP contribution in [0.2, 0.25) is 0 Å². The number of phenolic OH excluding ortho intramolecular Hbond substituents is 1. The van der Waals surface area contributed by atoms with Crippen LogP contribution >= 0.6 is 0 Å². The molecule has 0 unspecified atom stereocenters. The number of methoxy groups -OCH3 is 1. The average Bonchev–Trinajstić information content (AvgIpc) is 2.18. The van der Waals surface area contributed by atoms with Crippen LogP contribution < -0.4 is 10.5 Å². The Morgan fingerprint density at radius 1 is 1.36 bits per heavy atom. The first-order valence-electron chi connectivity index (χ1n) is 4.84. The molecular formula is C11H17NO2. The lowest BCUT2D eigenvalue weighted by Crippen LogP contribution is -2.00. The number of hydrogen-bond donors (Lipinski definition) is 2. The van der Waals surface area contributed by atoms with Crippen molar-refractivity contribution in [3.8, 4) is 11.5 Å². The molecule has 1 aromatic rings. The number of ether oxygens (including phenoxy) is 1. The number of hydrogen-bond acceptors (Lipinski definition) is 3. The van der Waals surface area contributed by atoms with Gasteiger partial charge in [-0.1, -0.05) is 12.1 Å². The van der Waals surface area contributed by atoms with Crippen molar-refractivity contribution in [1.29, 1.82) is 0 Å². The van der Waals surface area contributed by atoms with Crippen molar-refractivity contribution in [3.05, 3.63) is 23.8 Å². The van der Waals surface area contributed by atoms with Crippen molar-refractivity contribution >= 4 is 0 Å². The Labute approximate surface area is 84.5 Å². The van der Waals surface area contributed by atoms with E-state index in [0.717, 1.165) is 24.8 Å². The Kier molecular flexibility index (Phi) is 4.26. The maximum Gasteiger partial charge on any atom is 0.163 e. The zero-order chi connectivity index (χ0) is 10.4. The average molecular weight is 195 g/mol. The van der Waals surface area contributed by atoms with Crippen molar-refractivity contribution in [3.63, 3.8) is 0 Å². The molecule has 0 spiro atoms. The lowest BCUT2D eigenvalue weighted by atomic mass is 10.1. The zero-order valence-electron chi connectivity index (χ0n) is 8.49. The number of para-hydroxylation sites is 1. The lowest BCUT2D eigenvalue weighted by molar-refractivity contribution is 0.369. The van der Waals surface area contributed by atoms with Gasteiger partial charge in [-0.05, 0) is 37.4 Å². The summed E-state index contributed by atoms with van der Waals surface area (Å²) in [5, 5.41) is 9.50. The van der Waals surface area contributed by atoms with E-state index in [4.69, 9.17) is 10.5 Å². The molecule has 0 aliphatic carbocycles. The van der Waals surface area contributed by atoms with E-state index in [1.165, 1.54) is 0 Å². The second kappa shape index (κ2) is 5.50. The maximum absolute atomic E-state index is 9.50. The summed E-state index contributed by atoms with van der Waals surface area (Å²) in [4.78, 5) is 0. The molecular weight excluding hydrogens is 178 g/mol. The number of aromatic hydroxyl groups is 1. The molecule has 0 aliphatic rings. The van der Waals surface area contributed by atoms with Crippen LogP contribution in [-0.4, -0.2) is 18.8 Å². The first-order chi connectivity index (χ1) is 6.79. The Balaban J connectivity index is 2.70. The van der Waals surface area contributed by atoms with Gasteiger partial charge in [-0.25, -0.2) is 0 Å². The normalized spacial score (nSPS) is 10.1. The first-order valence-corrected chi connectivity index (χ1v) is 4.84. The highest BCUT2D eigenvalue weighted by Gasteiger charge is 2.06. The van der Waals surface area contributed by atoms with E-state index in [-0.39, 0.29) is 5.75 Å². The van der Waals surface area contributed by atoms with Crippen molar-refractivity contribution in [2.24, 2.45) is 5.73 Å². The molecule has 0 saturated carbocycles. The molecule has 0 aromatic heterocycles. The first kappa shape index (κ1) is 10.9. The fraction of sp³-hybridized carbons (Fsp3) is 0.455. The summed E-state index contributed by atoms with van der Waals surface area (Å²) in [5.74, 6) is 0.794. The predicted molar refractivity (Wildman–Crippen MR) is 56.7 cm³/mol. The summed E-state index contributed by atoms with van der Waals surface area (Å²) in [5.41, 5.74) is 6.46. The third kappa shape index (κ3) is 2.64. The number of benzene rings is 1. The van der Waals surface area contributed by atoms with Crippen LogP contribution in [0, 0.1) is 0 Å². The van der Waals surface area contributed by atoms with Gasteiger partial charge in [0, 0.05) is 0 Å². The highest BCUT2D eigenvalue weighted by atomic mass is 16.5. The molecule has 0 atom stereocenters. The van der Waals surface area contributed by atoms with Crippen LogP contribution in [0.3, 0.4) is 0 Å². The molecule has 0 amide bonds. The molecule has 0 aliphatic heterocycles. The van der Waals surface area contributed by atoms with Gasteiger partial charge in [0.1, 0.15) is 0 Å². The number of aryl methyl sites for hydroxylation is 1. The topological polar surface area (TPSA) is 55.5 Å². The number of rotatable bonds is 5. The summed E-state index contributed by atoms with van der Waals surface area (Å²) in [6, 6.07) is 5.43. The molecule has 0 saturated heterocycles. The van der Waals surface area contributed by atoms with Crippen LogP contribution in [0.25, 0.3) is 0 Å². The Morgan fingerprint density at radius 2 is 2.14 bits per heavy atom. The van der Waals surface area contributed by atoms with Crippen LogP contribution in [0.4, 0.5) is 0 Å². The lowest BCUT2D eigenvalue weighted by Gasteiger charge is -2.09. The molecule has 3 heteroatoms. The summed E-state index contributed by atoms with van der Waals surface area (Å²) in [6.07, 6.45) is 2.92. The third-order valence-electron chi connectivity index (χ3n) is 2.18. The third-order valence-corrected chi connectivity index (χ3v) is 2.18. The summed E-state index contributed by atoms with van der Waals surface area (Å²) < 4.78 is 5.13. The Morgan fingerprint density at radius 3 is 2.79 bits per heavy atom. The predicted octanol–water partition coefficient (Wildman–Crippen LogP) is 1.68. The number of unbranched alkanes of at least 4 members (excludes halogenated alkanes) is 1.